The normalized spacial score (nSPS) is 17.1. The molecular weight excluding hydrogens is 1180 g/mol. The van der Waals surface area contributed by atoms with Gasteiger partial charge in [-0.2, -0.15) is 0 Å². The van der Waals surface area contributed by atoms with Gasteiger partial charge in [0.2, 0.25) is 22.9 Å². The van der Waals surface area contributed by atoms with Gasteiger partial charge in [-0.3, -0.25) is 19.2 Å². The van der Waals surface area contributed by atoms with Gasteiger partial charge in [-0.1, -0.05) is 12.0 Å². The SMILES string of the molecule is [2H]C([2H])([2H])c1c[n+](C)c(N2B(C)C=c3c(oc4ncccc34)=C2C)cc1C.[2H]C([2H])([2H])c1ccc(N2B(C)C=c3oc4nc(C([2H])([2H])[2H])ccc4c3=C2C)[n+](C)c1.[2H]C([2H])([2H])c1ccc2c3c(oc2n1)=CB(C)N(c1cc(C)cc[n+]1C)C=3C.[2H]C([2H])([2H])c1ccc2c3c(oc2n1)=CB(C)N(c1cccc[n+]1C)C=3C. The molecule has 0 unspecified atom stereocenters. The second-order valence-corrected chi connectivity index (χ2v) is 24.9. The Hall–Kier alpha value is -10.2. The average molecular weight is 1270 g/mol. The predicted octanol–water partition coefficient (Wildman–Crippen LogP) is 7.13. The van der Waals surface area contributed by atoms with Crippen LogP contribution < -0.4 is 80.0 Å². The van der Waals surface area contributed by atoms with Crippen LogP contribution in [0.4, 0.5) is 23.3 Å². The molecule has 12 aromatic rings. The van der Waals surface area contributed by atoms with E-state index in [4.69, 9.17) is 38.2 Å². The molecule has 0 N–H and O–H groups in total. The minimum absolute atomic E-state index is 0.00434. The largest absolute Gasteiger partial charge is 0.439 e. The summed E-state index contributed by atoms with van der Waals surface area (Å²) in [6, 6.07) is 29.6. The Morgan fingerprint density at radius 1 is 0.400 bits per heavy atom. The van der Waals surface area contributed by atoms with Crippen LogP contribution >= 0.6 is 0 Å². The van der Waals surface area contributed by atoms with Crippen LogP contribution in [0.15, 0.2) is 146 Å². The van der Waals surface area contributed by atoms with E-state index in [1.54, 1.807) is 65.6 Å². The number of anilines is 4. The quantitative estimate of drug-likeness (QED) is 0.131. The Bertz CT molecular complexity index is 6290. The second kappa shape index (κ2) is 24.9. The van der Waals surface area contributed by atoms with Gasteiger partial charge in [0.1, 0.15) is 21.9 Å². The first-order valence-electron chi connectivity index (χ1n) is 39.0. The fourth-order valence-electron chi connectivity index (χ4n) is 13.7. The summed E-state index contributed by atoms with van der Waals surface area (Å²) in [7, 11) is 7.74. The van der Waals surface area contributed by atoms with Crippen LogP contribution in [-0.2, 0) is 28.2 Å². The first-order valence-corrected chi connectivity index (χ1v) is 31.5. The molecule has 0 atom stereocenters. The highest BCUT2D eigenvalue weighted by Crippen LogP contribution is 2.26. The van der Waals surface area contributed by atoms with Crippen molar-refractivity contribution in [3.8, 4) is 0 Å². The molecule has 0 saturated carbocycles. The Kier molecular flexibility index (Phi) is 12.5. The van der Waals surface area contributed by atoms with Gasteiger partial charge in [-0.25, -0.2) is 38.2 Å². The minimum Gasteiger partial charge on any atom is -0.439 e. The Labute approximate surface area is 576 Å². The first kappa shape index (κ1) is 47.6. The zero-order valence-corrected chi connectivity index (χ0v) is 55.7. The highest BCUT2D eigenvalue weighted by Gasteiger charge is 2.38. The monoisotopic (exact) mass is 1270 g/mol. The van der Waals surface area contributed by atoms with E-state index in [0.717, 1.165) is 110 Å². The zero-order chi connectivity index (χ0) is 79.7. The maximum atomic E-state index is 7.74. The van der Waals surface area contributed by atoms with E-state index in [1.807, 2.05) is 109 Å². The lowest BCUT2D eigenvalue weighted by atomic mass is 9.60. The van der Waals surface area contributed by atoms with Crippen molar-refractivity contribution in [1.82, 2.24) is 19.9 Å². The molecule has 0 spiro atoms. The van der Waals surface area contributed by atoms with E-state index in [9.17, 15) is 0 Å². The van der Waals surface area contributed by atoms with Crippen molar-refractivity contribution in [2.24, 2.45) is 28.2 Å². The molecule has 0 saturated heterocycles. The van der Waals surface area contributed by atoms with Gasteiger partial charge < -0.3 is 17.7 Å². The van der Waals surface area contributed by atoms with E-state index in [1.165, 1.54) is 11.6 Å². The Morgan fingerprint density at radius 2 is 0.895 bits per heavy atom. The molecule has 0 aliphatic carbocycles. The number of fused-ring (bicyclic) bond motifs is 12. The highest BCUT2D eigenvalue weighted by atomic mass is 16.3. The number of rotatable bonds is 4. The lowest BCUT2D eigenvalue weighted by Gasteiger charge is -2.23. The summed E-state index contributed by atoms with van der Waals surface area (Å²) < 4.78 is 146. The summed E-state index contributed by atoms with van der Waals surface area (Å²) in [5.74, 6) is 12.1. The molecule has 0 aromatic carbocycles. The number of furan rings is 4. The smallest absolute Gasteiger partial charge is 0.405 e. The number of nitrogens with zero attached hydrogens (tertiary/aromatic N) is 12. The number of hydrogen-bond acceptors (Lipinski definition) is 12. The number of hydrogen-bond donors (Lipinski definition) is 0. The number of aromatic nitrogens is 8. The van der Waals surface area contributed by atoms with Gasteiger partial charge >= 0.3 is 27.4 Å². The third-order valence-corrected chi connectivity index (χ3v) is 18.2. The summed E-state index contributed by atoms with van der Waals surface area (Å²) in [5, 5.41) is 7.27. The Balaban J connectivity index is 0.000000129. The van der Waals surface area contributed by atoms with Crippen LogP contribution in [0.5, 0.6) is 0 Å². The molecule has 16 rings (SSSR count). The molecule has 12 aromatic heterocycles. The lowest BCUT2D eigenvalue weighted by molar-refractivity contribution is -0.658. The predicted molar refractivity (Wildman–Crippen MR) is 387 cm³/mol. The van der Waals surface area contributed by atoms with E-state index >= 15 is 0 Å². The molecule has 4 aliphatic heterocycles. The molecule has 4 aliphatic rings. The van der Waals surface area contributed by atoms with Crippen LogP contribution in [0, 0.1) is 48.1 Å². The maximum Gasteiger partial charge on any atom is 0.405 e. The summed E-state index contributed by atoms with van der Waals surface area (Å²) in [5.41, 5.74) is 11.3. The van der Waals surface area contributed by atoms with Crippen LogP contribution in [0.25, 0.3) is 91.1 Å². The van der Waals surface area contributed by atoms with Crippen LogP contribution in [-0.4, -0.2) is 47.3 Å². The van der Waals surface area contributed by atoms with Gasteiger partial charge in [0.05, 0.1) is 102 Å². The second-order valence-electron chi connectivity index (χ2n) is 24.9. The van der Waals surface area contributed by atoms with Gasteiger partial charge in [-0.15, -0.1) is 0 Å². The standard InChI is InChI=1S/3C19H21BN3O.C18H19BN3O/c1-12-6-9-17(22(5)11-12)23-14(3)18-15-8-7-13(2)21-19(15)24-16(18)10-20(23)4;1-12-8-9-22(5)17(10-12)23-14(3)18-15-7-6-13(2)21-19(15)24-16(18)11-20(23)4;1-12-9-17(22(5)11-13(12)2)23-14(3)18-16(10-20(23)4)15-7-6-8-21-19(15)24-18;1-12-8-9-14-17-13(2)22(16-7-5-6-10-21(16)4)19(3)11-15(17)23-18(14)20-12/h3*6-11H,1-5H3;5-11H,1-4H3/q4*+1/i1D3,2D3;2*2D3;1D3. The minimum atomic E-state index is -2.30. The fourth-order valence-corrected chi connectivity index (χ4v) is 13.7. The van der Waals surface area contributed by atoms with Crippen molar-refractivity contribution < 1.29 is 56.5 Å². The van der Waals surface area contributed by atoms with Gasteiger partial charge in [0.15, 0.2) is 5.42 Å². The van der Waals surface area contributed by atoms with E-state index in [-0.39, 0.29) is 50.0 Å². The summed E-state index contributed by atoms with van der Waals surface area (Å²) in [6.07, 6.45) is 9.12. The molecule has 0 fully saturated rings. The van der Waals surface area contributed by atoms with Gasteiger partial charge in [-0.05, 0) is 210 Å². The van der Waals surface area contributed by atoms with Crippen molar-refractivity contribution >= 4 is 142 Å². The van der Waals surface area contributed by atoms with Crippen LogP contribution in [0.2, 0.25) is 27.3 Å². The molecule has 474 valence electrons. The third-order valence-electron chi connectivity index (χ3n) is 18.2. The van der Waals surface area contributed by atoms with Crippen molar-refractivity contribution in [2.45, 2.75) is 103 Å². The van der Waals surface area contributed by atoms with Gasteiger partial charge in [0.25, 0.3) is 23.3 Å². The molecule has 20 heteroatoms. The molecule has 0 bridgehead atoms. The molecule has 0 amide bonds. The highest BCUT2D eigenvalue weighted by molar-refractivity contribution is 6.79. The average Bonchev–Trinajstić information content (AvgIpc) is 1.58. The molecule has 16 heterocycles. The van der Waals surface area contributed by atoms with Crippen molar-refractivity contribution in [3.63, 3.8) is 0 Å². The van der Waals surface area contributed by atoms with Crippen LogP contribution in [0.1, 0.15) is 87.6 Å². The Morgan fingerprint density at radius 3 is 1.41 bits per heavy atom. The topological polar surface area (TPSA) is 133 Å². The van der Waals surface area contributed by atoms with E-state index in [2.05, 4.69) is 126 Å². The zero-order valence-electron chi connectivity index (χ0n) is 70.7. The molecule has 0 radical (unpaired) electrons. The molecule has 95 heavy (non-hydrogen) atoms. The maximum absolute atomic E-state index is 7.74. The molecule has 16 nitrogen and oxygen atoms in total. The summed E-state index contributed by atoms with van der Waals surface area (Å²) in [4.78, 5) is 25.8. The van der Waals surface area contributed by atoms with Gasteiger partial charge in [0, 0.05) is 78.7 Å². The van der Waals surface area contributed by atoms with E-state index < -0.39 is 34.3 Å². The lowest BCUT2D eigenvalue weighted by Crippen LogP contribution is -2.50. The van der Waals surface area contributed by atoms with E-state index in [0.29, 0.717) is 33.8 Å². The van der Waals surface area contributed by atoms with Crippen molar-refractivity contribution in [3.05, 3.63) is 210 Å². The number of aryl methyl sites for hydroxylation is 11. The molecular formula is C75H82B4N12O4+4. The third kappa shape index (κ3) is 11.5. The summed E-state index contributed by atoms with van der Waals surface area (Å²) >= 11 is 0. The van der Waals surface area contributed by atoms with Crippen molar-refractivity contribution in [2.75, 3.05) is 19.2 Å². The van der Waals surface area contributed by atoms with Crippen molar-refractivity contribution in [1.29, 1.82) is 0 Å². The first-order chi connectivity index (χ1) is 51.5. The summed E-state index contributed by atoms with van der Waals surface area (Å²) in [6.45, 7) is 9.49. The fraction of sp³-hybridized carbons (Fsp3) is 0.253. The van der Waals surface area contributed by atoms with Crippen LogP contribution in [0.3, 0.4) is 0 Å². The number of pyridine rings is 8.